The Hall–Kier alpha value is -1.27. The van der Waals surface area contributed by atoms with Crippen molar-refractivity contribution >= 4 is 52.3 Å². The van der Waals surface area contributed by atoms with E-state index in [-0.39, 0.29) is 36.8 Å². The molecule has 1 heterocycles. The van der Waals surface area contributed by atoms with Crippen LogP contribution in [0.5, 0.6) is 0 Å². The van der Waals surface area contributed by atoms with Crippen molar-refractivity contribution in [2.24, 2.45) is 5.73 Å². The van der Waals surface area contributed by atoms with Gasteiger partial charge in [0.25, 0.3) is 0 Å². The average molecular weight is 447 g/mol. The number of rotatable bonds is 4. The second-order valence-electron chi connectivity index (χ2n) is 5.78. The molecule has 0 aromatic heterocycles. The van der Waals surface area contributed by atoms with Gasteiger partial charge in [0, 0.05) is 23.6 Å². The minimum absolute atomic E-state index is 0. The van der Waals surface area contributed by atoms with Crippen molar-refractivity contribution in [2.75, 3.05) is 18.0 Å². The summed E-state index contributed by atoms with van der Waals surface area (Å²) < 4.78 is 1.08. The molecule has 3 N–H and O–H groups in total. The topological polar surface area (TPSA) is 58.4 Å². The van der Waals surface area contributed by atoms with Crippen LogP contribution in [0.4, 0.5) is 5.69 Å². The number of nitrogens with one attached hydrogen (secondary N) is 1. The first-order chi connectivity index (χ1) is 11.1. The molecule has 2 atom stereocenters. The SMILES string of the molecule is Cl.Cl.NC(C(=O)NC1CCN(c2ccccc2Br)C1)c1ccccc1. The van der Waals surface area contributed by atoms with Gasteiger partial charge in [-0.15, -0.1) is 24.8 Å². The molecule has 0 bridgehead atoms. The Balaban J connectivity index is 0.00000156. The zero-order valence-corrected chi connectivity index (χ0v) is 16.8. The second kappa shape index (κ2) is 10.0. The van der Waals surface area contributed by atoms with Crippen LogP contribution in [0.25, 0.3) is 0 Å². The maximum absolute atomic E-state index is 12.3. The molecule has 2 unspecified atom stereocenters. The molecule has 0 aliphatic carbocycles. The van der Waals surface area contributed by atoms with Crippen molar-refractivity contribution in [2.45, 2.75) is 18.5 Å². The van der Waals surface area contributed by atoms with E-state index >= 15 is 0 Å². The third-order valence-electron chi connectivity index (χ3n) is 4.17. The molecule has 0 spiro atoms. The van der Waals surface area contributed by atoms with Gasteiger partial charge in [-0.25, -0.2) is 0 Å². The lowest BCUT2D eigenvalue weighted by atomic mass is 10.1. The monoisotopic (exact) mass is 445 g/mol. The first-order valence-electron chi connectivity index (χ1n) is 7.75. The lowest BCUT2D eigenvalue weighted by Gasteiger charge is -2.21. The van der Waals surface area contributed by atoms with Crippen molar-refractivity contribution in [1.29, 1.82) is 0 Å². The average Bonchev–Trinajstić information content (AvgIpc) is 3.03. The molecule has 3 rings (SSSR count). The first kappa shape index (κ1) is 21.8. The van der Waals surface area contributed by atoms with Crippen LogP contribution in [-0.4, -0.2) is 25.0 Å². The Morgan fingerprint density at radius 2 is 1.76 bits per heavy atom. The summed E-state index contributed by atoms with van der Waals surface area (Å²) in [4.78, 5) is 14.6. The maximum atomic E-state index is 12.3. The van der Waals surface area contributed by atoms with Crippen LogP contribution < -0.4 is 16.0 Å². The number of carbonyl (C=O) groups excluding carboxylic acids is 1. The van der Waals surface area contributed by atoms with Crippen molar-refractivity contribution in [3.8, 4) is 0 Å². The molecule has 136 valence electrons. The van der Waals surface area contributed by atoms with Gasteiger partial charge in [-0.3, -0.25) is 4.79 Å². The Morgan fingerprint density at radius 3 is 2.44 bits per heavy atom. The zero-order chi connectivity index (χ0) is 16.2. The smallest absolute Gasteiger partial charge is 0.241 e. The fourth-order valence-corrected chi connectivity index (χ4v) is 3.44. The van der Waals surface area contributed by atoms with Gasteiger partial charge in [-0.2, -0.15) is 0 Å². The van der Waals surface area contributed by atoms with Gasteiger partial charge in [0.1, 0.15) is 6.04 Å². The van der Waals surface area contributed by atoms with E-state index in [1.54, 1.807) is 0 Å². The standard InChI is InChI=1S/C18H20BrN3O.2ClH/c19-15-8-4-5-9-16(15)22-11-10-14(12-22)21-18(23)17(20)13-6-2-1-3-7-13;;/h1-9,14,17H,10-12,20H2,(H,21,23);2*1H. The molecular formula is C18H22BrCl2N3O. The number of benzene rings is 2. The number of anilines is 1. The summed E-state index contributed by atoms with van der Waals surface area (Å²) in [5.41, 5.74) is 8.06. The maximum Gasteiger partial charge on any atom is 0.241 e. The van der Waals surface area contributed by atoms with E-state index in [1.807, 2.05) is 48.5 Å². The second-order valence-corrected chi connectivity index (χ2v) is 6.63. The van der Waals surface area contributed by atoms with Gasteiger partial charge < -0.3 is 16.0 Å². The van der Waals surface area contributed by atoms with Crippen LogP contribution in [0.1, 0.15) is 18.0 Å². The third-order valence-corrected chi connectivity index (χ3v) is 4.84. The summed E-state index contributed by atoms with van der Waals surface area (Å²) in [6.07, 6.45) is 0.925. The summed E-state index contributed by atoms with van der Waals surface area (Å²) in [5, 5.41) is 3.08. The molecule has 4 nitrogen and oxygen atoms in total. The molecule has 1 amide bonds. The number of nitrogens with two attached hydrogens (primary N) is 1. The molecule has 1 saturated heterocycles. The predicted molar refractivity (Wildman–Crippen MR) is 111 cm³/mol. The molecule has 2 aromatic carbocycles. The van der Waals surface area contributed by atoms with Crippen LogP contribution in [0, 0.1) is 0 Å². The molecule has 1 aliphatic rings. The third kappa shape index (κ3) is 5.35. The highest BCUT2D eigenvalue weighted by molar-refractivity contribution is 9.10. The van der Waals surface area contributed by atoms with Crippen molar-refractivity contribution in [3.63, 3.8) is 0 Å². The van der Waals surface area contributed by atoms with Crippen molar-refractivity contribution in [1.82, 2.24) is 5.32 Å². The number of para-hydroxylation sites is 1. The Morgan fingerprint density at radius 1 is 1.12 bits per heavy atom. The van der Waals surface area contributed by atoms with Gasteiger partial charge in [-0.05, 0) is 40.0 Å². The summed E-state index contributed by atoms with van der Waals surface area (Å²) in [7, 11) is 0. The highest BCUT2D eigenvalue weighted by atomic mass is 79.9. The van der Waals surface area contributed by atoms with E-state index in [2.05, 4.69) is 32.2 Å². The van der Waals surface area contributed by atoms with Crippen LogP contribution in [0.3, 0.4) is 0 Å². The fourth-order valence-electron chi connectivity index (χ4n) is 2.91. The minimum Gasteiger partial charge on any atom is -0.368 e. The zero-order valence-electron chi connectivity index (χ0n) is 13.6. The van der Waals surface area contributed by atoms with E-state index in [4.69, 9.17) is 5.73 Å². The van der Waals surface area contributed by atoms with Crippen molar-refractivity contribution < 1.29 is 4.79 Å². The van der Waals surface area contributed by atoms with Crippen LogP contribution >= 0.6 is 40.7 Å². The van der Waals surface area contributed by atoms with E-state index in [0.29, 0.717) is 0 Å². The summed E-state index contributed by atoms with van der Waals surface area (Å²) in [5.74, 6) is -0.116. The molecule has 2 aromatic rings. The number of hydrogen-bond donors (Lipinski definition) is 2. The van der Waals surface area contributed by atoms with E-state index in [0.717, 1.165) is 35.2 Å². The van der Waals surface area contributed by atoms with Gasteiger partial charge in [0.2, 0.25) is 5.91 Å². The largest absolute Gasteiger partial charge is 0.368 e. The summed E-state index contributed by atoms with van der Waals surface area (Å²) in [6, 6.07) is 17.1. The Kier molecular flexibility index (Phi) is 8.73. The molecule has 1 fully saturated rings. The fraction of sp³-hybridized carbons (Fsp3) is 0.278. The quantitative estimate of drug-likeness (QED) is 0.752. The number of hydrogen-bond acceptors (Lipinski definition) is 3. The molecule has 25 heavy (non-hydrogen) atoms. The number of carbonyl (C=O) groups is 1. The predicted octanol–water partition coefficient (Wildman–Crippen LogP) is 3.69. The van der Waals surface area contributed by atoms with Gasteiger partial charge in [0.05, 0.1) is 5.69 Å². The first-order valence-corrected chi connectivity index (χ1v) is 8.55. The number of amides is 1. The van der Waals surface area contributed by atoms with Gasteiger partial charge >= 0.3 is 0 Å². The van der Waals surface area contributed by atoms with Crippen LogP contribution in [0.2, 0.25) is 0 Å². The normalized spacial score (nSPS) is 17.2. The Labute approximate surface area is 169 Å². The van der Waals surface area contributed by atoms with Gasteiger partial charge in [-0.1, -0.05) is 42.5 Å². The molecule has 1 aliphatic heterocycles. The number of nitrogens with zero attached hydrogens (tertiary/aromatic N) is 1. The molecule has 7 heteroatoms. The Bertz CT molecular complexity index is 687. The summed E-state index contributed by atoms with van der Waals surface area (Å²) >= 11 is 3.58. The lowest BCUT2D eigenvalue weighted by Crippen LogP contribution is -2.42. The number of halogens is 3. The molecular weight excluding hydrogens is 425 g/mol. The van der Waals surface area contributed by atoms with E-state index < -0.39 is 6.04 Å². The highest BCUT2D eigenvalue weighted by Gasteiger charge is 2.27. The molecule has 0 radical (unpaired) electrons. The molecule has 0 saturated carbocycles. The van der Waals surface area contributed by atoms with Crippen LogP contribution in [0.15, 0.2) is 59.1 Å². The summed E-state index contributed by atoms with van der Waals surface area (Å²) in [6.45, 7) is 1.73. The van der Waals surface area contributed by atoms with Gasteiger partial charge in [0.15, 0.2) is 0 Å². The lowest BCUT2D eigenvalue weighted by molar-refractivity contribution is -0.123. The minimum atomic E-state index is -0.617. The van der Waals surface area contributed by atoms with Crippen LogP contribution in [-0.2, 0) is 4.79 Å². The van der Waals surface area contributed by atoms with Crippen molar-refractivity contribution in [3.05, 3.63) is 64.6 Å². The highest BCUT2D eigenvalue weighted by Crippen LogP contribution is 2.28. The van der Waals surface area contributed by atoms with E-state index in [9.17, 15) is 4.79 Å². The van der Waals surface area contributed by atoms with E-state index in [1.165, 1.54) is 0 Å².